The lowest BCUT2D eigenvalue weighted by atomic mass is 10.0. The number of pyridine rings is 1. The average Bonchev–Trinajstić information content (AvgIpc) is 2.60. The van der Waals surface area contributed by atoms with Crippen molar-refractivity contribution in [3.63, 3.8) is 0 Å². The highest BCUT2D eigenvalue weighted by Crippen LogP contribution is 2.33. The van der Waals surface area contributed by atoms with E-state index < -0.39 is 10.0 Å². The van der Waals surface area contributed by atoms with Gasteiger partial charge < -0.3 is 4.90 Å². The number of aromatic nitrogens is 1. The smallest absolute Gasteiger partial charge is 0.233 e. The van der Waals surface area contributed by atoms with E-state index in [1.54, 1.807) is 12.3 Å². The second-order valence-electron chi connectivity index (χ2n) is 6.06. The number of para-hydroxylation sites is 1. The van der Waals surface area contributed by atoms with Crippen LogP contribution >= 0.6 is 0 Å². The molecule has 0 bridgehead atoms. The first kappa shape index (κ1) is 16.8. The molecule has 0 radical (unpaired) electrons. The zero-order valence-corrected chi connectivity index (χ0v) is 14.7. The van der Waals surface area contributed by atoms with Gasteiger partial charge in [0, 0.05) is 12.2 Å². The molecule has 1 aliphatic heterocycles. The number of hydrogen-bond acceptors (Lipinski definition) is 4. The molecule has 0 saturated carbocycles. The van der Waals surface area contributed by atoms with E-state index in [-0.39, 0.29) is 5.75 Å². The second kappa shape index (κ2) is 7.21. The molecule has 5 nitrogen and oxygen atoms in total. The highest BCUT2D eigenvalue weighted by atomic mass is 32.2. The molecule has 24 heavy (non-hydrogen) atoms. The monoisotopic (exact) mass is 345 g/mol. The van der Waals surface area contributed by atoms with Crippen LogP contribution in [0.3, 0.4) is 0 Å². The van der Waals surface area contributed by atoms with Crippen LogP contribution in [-0.4, -0.2) is 25.7 Å². The van der Waals surface area contributed by atoms with Gasteiger partial charge in [0.1, 0.15) is 5.82 Å². The number of benzene rings is 1. The van der Waals surface area contributed by atoms with Gasteiger partial charge in [0.05, 0.1) is 17.6 Å². The minimum absolute atomic E-state index is 0.131. The van der Waals surface area contributed by atoms with Gasteiger partial charge >= 0.3 is 0 Å². The fraction of sp³-hybridized carbons (Fsp3) is 0.389. The number of rotatable bonds is 6. The largest absolute Gasteiger partial charge is 0.340 e. The lowest BCUT2D eigenvalue weighted by Crippen LogP contribution is -2.24. The number of fused-ring (bicyclic) bond motifs is 1. The summed E-state index contributed by atoms with van der Waals surface area (Å²) in [5.74, 6) is 0.507. The molecule has 0 unspecified atom stereocenters. The first-order valence-electron chi connectivity index (χ1n) is 8.41. The van der Waals surface area contributed by atoms with E-state index in [9.17, 15) is 8.42 Å². The van der Waals surface area contributed by atoms with Gasteiger partial charge in [-0.25, -0.2) is 13.4 Å². The maximum atomic E-state index is 11.9. The predicted molar refractivity (Wildman–Crippen MR) is 98.3 cm³/mol. The number of aryl methyl sites for hydroxylation is 1. The molecule has 1 aromatic carbocycles. The molecule has 1 aliphatic rings. The molecule has 2 heterocycles. The van der Waals surface area contributed by atoms with Crippen molar-refractivity contribution in [2.45, 2.75) is 32.6 Å². The molecule has 1 aromatic heterocycles. The molecule has 0 spiro atoms. The summed E-state index contributed by atoms with van der Waals surface area (Å²) in [6.07, 6.45) is 5.43. The van der Waals surface area contributed by atoms with Crippen molar-refractivity contribution in [1.82, 2.24) is 4.98 Å². The number of anilines is 3. The molecular weight excluding hydrogens is 322 g/mol. The molecule has 0 aliphatic carbocycles. The molecule has 0 atom stereocenters. The van der Waals surface area contributed by atoms with Crippen LogP contribution in [0.1, 0.15) is 31.7 Å². The predicted octanol–water partition coefficient (Wildman–Crippen LogP) is 3.71. The fourth-order valence-electron chi connectivity index (χ4n) is 2.95. The molecule has 0 fully saturated rings. The summed E-state index contributed by atoms with van der Waals surface area (Å²) in [4.78, 5) is 6.53. The van der Waals surface area contributed by atoms with Crippen LogP contribution in [0.5, 0.6) is 0 Å². The van der Waals surface area contributed by atoms with Crippen molar-refractivity contribution in [1.29, 1.82) is 0 Å². The first-order valence-corrected chi connectivity index (χ1v) is 10.1. The van der Waals surface area contributed by atoms with Crippen molar-refractivity contribution in [2.24, 2.45) is 0 Å². The Morgan fingerprint density at radius 3 is 2.79 bits per heavy atom. The minimum Gasteiger partial charge on any atom is -0.340 e. The van der Waals surface area contributed by atoms with Gasteiger partial charge in [-0.3, -0.25) is 4.72 Å². The van der Waals surface area contributed by atoms with Crippen LogP contribution in [0.15, 0.2) is 42.6 Å². The Kier molecular flexibility index (Phi) is 5.04. The molecule has 3 rings (SSSR count). The fourth-order valence-corrected chi connectivity index (χ4v) is 4.16. The van der Waals surface area contributed by atoms with Crippen LogP contribution < -0.4 is 9.62 Å². The van der Waals surface area contributed by atoms with Gasteiger partial charge in [-0.05, 0) is 43.0 Å². The third kappa shape index (κ3) is 3.87. The van der Waals surface area contributed by atoms with Gasteiger partial charge in [-0.15, -0.1) is 0 Å². The first-order chi connectivity index (χ1) is 11.6. The van der Waals surface area contributed by atoms with E-state index in [0.29, 0.717) is 12.2 Å². The Labute approximate surface area is 143 Å². The molecule has 1 N–H and O–H groups in total. The van der Waals surface area contributed by atoms with E-state index in [1.165, 1.54) is 11.3 Å². The maximum Gasteiger partial charge on any atom is 0.233 e. The highest BCUT2D eigenvalue weighted by Gasteiger charge is 2.18. The number of nitrogens with zero attached hydrogens (tertiary/aromatic N) is 2. The molecule has 0 saturated heterocycles. The summed E-state index contributed by atoms with van der Waals surface area (Å²) in [6, 6.07) is 12.0. The quantitative estimate of drug-likeness (QED) is 0.867. The zero-order chi connectivity index (χ0) is 17.0. The third-order valence-corrected chi connectivity index (χ3v) is 5.54. The number of nitrogens with one attached hydrogen (secondary N) is 1. The molecule has 0 amide bonds. The normalized spacial score (nSPS) is 14.3. The minimum atomic E-state index is -3.31. The average molecular weight is 345 g/mol. The standard InChI is InChI=1S/C18H23N3O2S/c1-2-3-13-24(22,23)20-18-11-10-16(14-19-18)21-12-6-8-15-7-4-5-9-17(15)21/h4-5,7,9-11,14H,2-3,6,8,12-13H2,1H3,(H,19,20). The molecule has 2 aromatic rings. The summed E-state index contributed by atoms with van der Waals surface area (Å²) in [6.45, 7) is 2.92. The number of unbranched alkanes of at least 4 members (excludes halogenated alkanes) is 1. The Balaban J connectivity index is 1.76. The Morgan fingerprint density at radius 1 is 1.21 bits per heavy atom. The Morgan fingerprint density at radius 2 is 2.04 bits per heavy atom. The van der Waals surface area contributed by atoms with Gasteiger partial charge in [0.2, 0.25) is 10.0 Å². The maximum absolute atomic E-state index is 11.9. The lowest BCUT2D eigenvalue weighted by Gasteiger charge is -2.31. The van der Waals surface area contributed by atoms with Crippen LogP contribution in [0, 0.1) is 0 Å². The van der Waals surface area contributed by atoms with Gasteiger partial charge in [0.25, 0.3) is 0 Å². The summed E-state index contributed by atoms with van der Waals surface area (Å²) in [5.41, 5.74) is 3.54. The van der Waals surface area contributed by atoms with Crippen molar-refractivity contribution < 1.29 is 8.42 Å². The lowest BCUT2D eigenvalue weighted by molar-refractivity contribution is 0.597. The summed E-state index contributed by atoms with van der Waals surface area (Å²) >= 11 is 0. The topological polar surface area (TPSA) is 62.3 Å². The summed E-state index contributed by atoms with van der Waals surface area (Å²) in [7, 11) is -3.31. The second-order valence-corrected chi connectivity index (χ2v) is 7.90. The summed E-state index contributed by atoms with van der Waals surface area (Å²) < 4.78 is 26.4. The van der Waals surface area contributed by atoms with Gasteiger partial charge in [0.15, 0.2) is 0 Å². The van der Waals surface area contributed by atoms with Crippen molar-refractivity contribution in [3.05, 3.63) is 48.2 Å². The number of hydrogen-bond donors (Lipinski definition) is 1. The number of sulfonamides is 1. The SMILES string of the molecule is CCCCS(=O)(=O)Nc1ccc(N2CCCc3ccccc32)cn1. The van der Waals surface area contributed by atoms with E-state index in [1.807, 2.05) is 19.1 Å². The molecule has 6 heteroatoms. The zero-order valence-electron chi connectivity index (χ0n) is 13.9. The van der Waals surface area contributed by atoms with E-state index in [0.717, 1.165) is 31.5 Å². The van der Waals surface area contributed by atoms with Gasteiger partial charge in [-0.2, -0.15) is 0 Å². The van der Waals surface area contributed by atoms with Crippen molar-refractivity contribution in [3.8, 4) is 0 Å². The Hall–Kier alpha value is -2.08. The third-order valence-electron chi connectivity index (χ3n) is 4.20. The van der Waals surface area contributed by atoms with Crippen molar-refractivity contribution >= 4 is 27.2 Å². The Bertz CT molecular complexity index is 788. The van der Waals surface area contributed by atoms with Crippen molar-refractivity contribution in [2.75, 3.05) is 21.9 Å². The molecule has 128 valence electrons. The highest BCUT2D eigenvalue weighted by molar-refractivity contribution is 7.92. The van der Waals surface area contributed by atoms with E-state index >= 15 is 0 Å². The molecular formula is C18H23N3O2S. The van der Waals surface area contributed by atoms with E-state index in [2.05, 4.69) is 32.8 Å². The van der Waals surface area contributed by atoms with Crippen LogP contribution in [0.2, 0.25) is 0 Å². The van der Waals surface area contributed by atoms with Gasteiger partial charge in [-0.1, -0.05) is 31.5 Å². The van der Waals surface area contributed by atoms with Crippen LogP contribution in [-0.2, 0) is 16.4 Å². The summed E-state index contributed by atoms with van der Waals surface area (Å²) in [5, 5.41) is 0. The van der Waals surface area contributed by atoms with E-state index in [4.69, 9.17) is 0 Å². The van der Waals surface area contributed by atoms with Crippen LogP contribution in [0.25, 0.3) is 0 Å². The van der Waals surface area contributed by atoms with Crippen LogP contribution in [0.4, 0.5) is 17.2 Å².